The van der Waals surface area contributed by atoms with E-state index in [4.69, 9.17) is 44.3 Å². The van der Waals surface area contributed by atoms with Crippen LogP contribution in [0.2, 0.25) is 15.1 Å². The van der Waals surface area contributed by atoms with Gasteiger partial charge in [0.25, 0.3) is 11.6 Å². The van der Waals surface area contributed by atoms with Crippen LogP contribution in [0.25, 0.3) is 6.08 Å². The molecule has 0 heterocycles. The number of anilines is 1. The van der Waals surface area contributed by atoms with Crippen LogP contribution < -0.4 is 14.8 Å². The van der Waals surface area contributed by atoms with Crippen LogP contribution in [0.1, 0.15) is 18.1 Å². The number of nitrogens with zero attached hydrogens (tertiary/aromatic N) is 2. The molecule has 0 spiro atoms. The number of hydrogen-bond acceptors (Lipinski definition) is 6. The maximum Gasteiger partial charge on any atom is 0.271 e. The van der Waals surface area contributed by atoms with Crippen molar-refractivity contribution >= 4 is 58.2 Å². The zero-order chi connectivity index (χ0) is 26.2. The molecule has 8 nitrogen and oxygen atoms in total. The van der Waals surface area contributed by atoms with E-state index in [0.29, 0.717) is 28.0 Å². The second-order valence-electron chi connectivity index (χ2n) is 7.23. The monoisotopic (exact) mass is 545 g/mol. The van der Waals surface area contributed by atoms with Gasteiger partial charge in [0.2, 0.25) is 0 Å². The predicted molar refractivity (Wildman–Crippen MR) is 139 cm³/mol. The summed E-state index contributed by atoms with van der Waals surface area (Å²) in [6.07, 6.45) is 1.32. The maximum atomic E-state index is 12.6. The first-order chi connectivity index (χ1) is 17.2. The van der Waals surface area contributed by atoms with Crippen LogP contribution in [0.5, 0.6) is 11.5 Å². The van der Waals surface area contributed by atoms with Gasteiger partial charge in [-0.1, -0.05) is 46.9 Å². The van der Waals surface area contributed by atoms with Crippen molar-refractivity contribution in [3.63, 3.8) is 0 Å². The van der Waals surface area contributed by atoms with Crippen molar-refractivity contribution < 1.29 is 19.2 Å². The highest BCUT2D eigenvalue weighted by molar-refractivity contribution is 6.42. The van der Waals surface area contributed by atoms with Crippen LogP contribution in [0.4, 0.5) is 11.4 Å². The van der Waals surface area contributed by atoms with Gasteiger partial charge in [-0.15, -0.1) is 0 Å². The number of nitrogens with one attached hydrogen (secondary N) is 1. The Bertz CT molecular complexity index is 1390. The minimum Gasteiger partial charge on any atom is -0.490 e. The number of amides is 1. The zero-order valence-electron chi connectivity index (χ0n) is 18.8. The third kappa shape index (κ3) is 6.89. The summed E-state index contributed by atoms with van der Waals surface area (Å²) in [5, 5.41) is 24.0. The minimum absolute atomic E-state index is 0.140. The number of carbonyl (C=O) groups excluding carboxylic acids is 1. The van der Waals surface area contributed by atoms with E-state index < -0.39 is 10.8 Å². The van der Waals surface area contributed by atoms with Crippen molar-refractivity contribution in [3.05, 3.63) is 96.5 Å². The lowest BCUT2D eigenvalue weighted by Crippen LogP contribution is -2.13. The number of halogens is 3. The summed E-state index contributed by atoms with van der Waals surface area (Å²) in [7, 11) is 0. The summed E-state index contributed by atoms with van der Waals surface area (Å²) in [4.78, 5) is 23.0. The van der Waals surface area contributed by atoms with Gasteiger partial charge in [0.15, 0.2) is 11.5 Å². The Labute approximate surface area is 221 Å². The van der Waals surface area contributed by atoms with E-state index in [2.05, 4.69) is 5.32 Å². The van der Waals surface area contributed by atoms with Gasteiger partial charge < -0.3 is 14.8 Å². The molecular formula is C25H18Cl3N3O5. The Morgan fingerprint density at radius 3 is 2.53 bits per heavy atom. The molecule has 0 saturated carbocycles. The van der Waals surface area contributed by atoms with Crippen LogP contribution in [-0.4, -0.2) is 17.4 Å². The number of benzene rings is 3. The SMILES string of the molecule is CCOc1cc(/C=C(\C#N)C(=O)Nc2cccc([N+](=O)[O-])c2)cc(Cl)c1OCc1ccc(Cl)c(Cl)c1. The molecule has 0 saturated heterocycles. The van der Waals surface area contributed by atoms with Crippen LogP contribution in [0.15, 0.2) is 60.2 Å². The van der Waals surface area contributed by atoms with E-state index in [-0.39, 0.29) is 34.3 Å². The van der Waals surface area contributed by atoms with Gasteiger partial charge in [0, 0.05) is 17.8 Å². The molecule has 0 aromatic heterocycles. The van der Waals surface area contributed by atoms with Gasteiger partial charge in [-0.3, -0.25) is 14.9 Å². The molecule has 11 heteroatoms. The lowest BCUT2D eigenvalue weighted by atomic mass is 10.1. The van der Waals surface area contributed by atoms with Crippen molar-refractivity contribution in [3.8, 4) is 17.6 Å². The Hall–Kier alpha value is -3.77. The van der Waals surface area contributed by atoms with Gasteiger partial charge in [-0.05, 0) is 54.5 Å². The molecule has 0 aliphatic heterocycles. The molecule has 0 fully saturated rings. The number of hydrogen-bond donors (Lipinski definition) is 1. The molecule has 0 unspecified atom stereocenters. The second kappa shape index (κ2) is 12.3. The number of carbonyl (C=O) groups is 1. The maximum absolute atomic E-state index is 12.6. The molecule has 1 N–H and O–H groups in total. The Kier molecular flexibility index (Phi) is 9.14. The second-order valence-corrected chi connectivity index (χ2v) is 8.45. The van der Waals surface area contributed by atoms with Crippen molar-refractivity contribution in [1.82, 2.24) is 0 Å². The van der Waals surface area contributed by atoms with Gasteiger partial charge in [-0.25, -0.2) is 0 Å². The van der Waals surface area contributed by atoms with E-state index in [1.807, 2.05) is 6.07 Å². The Morgan fingerprint density at radius 1 is 1.08 bits per heavy atom. The van der Waals surface area contributed by atoms with Crippen LogP contribution in [0, 0.1) is 21.4 Å². The predicted octanol–water partition coefficient (Wildman–Crippen LogP) is 7.08. The van der Waals surface area contributed by atoms with Crippen LogP contribution in [-0.2, 0) is 11.4 Å². The Morgan fingerprint density at radius 2 is 1.86 bits per heavy atom. The summed E-state index contributed by atoms with van der Waals surface area (Å²) in [5.41, 5.74) is 0.909. The number of non-ortho nitro benzene ring substituents is 1. The quantitative estimate of drug-likeness (QED) is 0.133. The average molecular weight is 547 g/mol. The molecule has 0 aliphatic rings. The number of nitro benzene ring substituents is 1. The summed E-state index contributed by atoms with van der Waals surface area (Å²) in [6.45, 7) is 2.23. The highest BCUT2D eigenvalue weighted by atomic mass is 35.5. The van der Waals surface area contributed by atoms with Crippen LogP contribution >= 0.6 is 34.8 Å². The third-order valence-electron chi connectivity index (χ3n) is 4.69. The minimum atomic E-state index is -0.743. The van der Waals surface area contributed by atoms with E-state index in [0.717, 1.165) is 5.56 Å². The van der Waals surface area contributed by atoms with Crippen molar-refractivity contribution in [2.45, 2.75) is 13.5 Å². The first kappa shape index (κ1) is 26.8. The molecule has 36 heavy (non-hydrogen) atoms. The van der Waals surface area contributed by atoms with Gasteiger partial charge >= 0.3 is 0 Å². The summed E-state index contributed by atoms with van der Waals surface area (Å²) < 4.78 is 11.5. The van der Waals surface area contributed by atoms with E-state index in [1.54, 1.807) is 31.2 Å². The molecule has 0 aliphatic carbocycles. The molecule has 0 atom stereocenters. The average Bonchev–Trinajstić information content (AvgIpc) is 2.84. The molecule has 0 bridgehead atoms. The number of nitriles is 1. The molecule has 3 aromatic rings. The largest absolute Gasteiger partial charge is 0.490 e. The molecule has 184 valence electrons. The molecule has 0 radical (unpaired) electrons. The molecule has 3 aromatic carbocycles. The highest BCUT2D eigenvalue weighted by Crippen LogP contribution is 2.38. The summed E-state index contributed by atoms with van der Waals surface area (Å²) >= 11 is 18.5. The van der Waals surface area contributed by atoms with E-state index in [9.17, 15) is 20.2 Å². The van der Waals surface area contributed by atoms with Gasteiger partial charge in [0.1, 0.15) is 18.2 Å². The smallest absolute Gasteiger partial charge is 0.271 e. The van der Waals surface area contributed by atoms with Gasteiger partial charge in [0.05, 0.1) is 26.6 Å². The fourth-order valence-corrected chi connectivity index (χ4v) is 3.66. The first-order valence-electron chi connectivity index (χ1n) is 10.4. The third-order valence-corrected chi connectivity index (χ3v) is 5.71. The highest BCUT2D eigenvalue weighted by Gasteiger charge is 2.16. The number of rotatable bonds is 9. The van der Waals surface area contributed by atoms with Crippen molar-refractivity contribution in [2.24, 2.45) is 0 Å². The van der Waals surface area contributed by atoms with Crippen molar-refractivity contribution in [1.29, 1.82) is 5.26 Å². The standard InChI is InChI=1S/C25H18Cl3N3O5/c1-2-35-23-11-16(10-22(28)24(23)36-14-15-6-7-20(26)21(27)9-15)8-17(13-29)25(32)30-18-4-3-5-19(12-18)31(33)34/h3-12H,2,14H2,1H3,(H,30,32)/b17-8+. The van der Waals surface area contributed by atoms with Crippen LogP contribution in [0.3, 0.4) is 0 Å². The normalized spacial score (nSPS) is 10.9. The first-order valence-corrected chi connectivity index (χ1v) is 11.6. The molecule has 3 rings (SSSR count). The lowest BCUT2D eigenvalue weighted by molar-refractivity contribution is -0.384. The fraction of sp³-hybridized carbons (Fsp3) is 0.120. The molecule has 1 amide bonds. The summed E-state index contributed by atoms with van der Waals surface area (Å²) in [6, 6.07) is 15.4. The Balaban J connectivity index is 1.85. The van der Waals surface area contributed by atoms with Gasteiger partial charge in [-0.2, -0.15) is 5.26 Å². The lowest BCUT2D eigenvalue weighted by Gasteiger charge is -2.15. The zero-order valence-corrected chi connectivity index (χ0v) is 21.0. The van der Waals surface area contributed by atoms with Crippen molar-refractivity contribution in [2.75, 3.05) is 11.9 Å². The topological polar surface area (TPSA) is 114 Å². The molecular weight excluding hydrogens is 529 g/mol. The van der Waals surface area contributed by atoms with E-state index in [1.165, 1.54) is 36.4 Å². The van der Waals surface area contributed by atoms with E-state index >= 15 is 0 Å². The fourth-order valence-electron chi connectivity index (χ4n) is 3.07. The number of nitro groups is 1. The number of ether oxygens (including phenoxy) is 2. The summed E-state index contributed by atoms with van der Waals surface area (Å²) in [5.74, 6) is -0.152.